The fourth-order valence-corrected chi connectivity index (χ4v) is 2.73. The standard InChI is InChI=1S/C18H29N5O2/c1-11(2)14-12-9-19-23(18(6,7)8)15(12)16(25)22(21-14)10-13(24)20-17(3,4)5/h9,11H,10H2,1-8H3,(H,20,24). The molecule has 1 N–H and O–H groups in total. The molecule has 138 valence electrons. The number of aromatic nitrogens is 4. The van der Waals surface area contributed by atoms with Crippen molar-refractivity contribution in [1.82, 2.24) is 24.9 Å². The summed E-state index contributed by atoms with van der Waals surface area (Å²) in [4.78, 5) is 25.3. The molecule has 0 aliphatic carbocycles. The number of fused-ring (bicyclic) bond motifs is 1. The van der Waals surface area contributed by atoms with Crippen LogP contribution in [0.2, 0.25) is 0 Å². The number of rotatable bonds is 3. The van der Waals surface area contributed by atoms with E-state index in [0.717, 1.165) is 11.1 Å². The van der Waals surface area contributed by atoms with Gasteiger partial charge in [-0.3, -0.25) is 14.3 Å². The van der Waals surface area contributed by atoms with Crippen molar-refractivity contribution in [2.45, 2.75) is 78.9 Å². The third-order valence-electron chi connectivity index (χ3n) is 3.70. The predicted molar refractivity (Wildman–Crippen MR) is 98.8 cm³/mol. The van der Waals surface area contributed by atoms with Crippen molar-refractivity contribution in [3.63, 3.8) is 0 Å². The van der Waals surface area contributed by atoms with Crippen molar-refractivity contribution in [1.29, 1.82) is 0 Å². The highest BCUT2D eigenvalue weighted by molar-refractivity contribution is 5.81. The van der Waals surface area contributed by atoms with Gasteiger partial charge in [0.05, 0.1) is 17.4 Å². The number of amides is 1. The Morgan fingerprint density at radius 2 is 1.80 bits per heavy atom. The first-order valence-electron chi connectivity index (χ1n) is 8.61. The molecular formula is C18H29N5O2. The number of hydrogen-bond donors (Lipinski definition) is 1. The van der Waals surface area contributed by atoms with E-state index in [4.69, 9.17) is 0 Å². The molecule has 0 unspecified atom stereocenters. The molecule has 7 nitrogen and oxygen atoms in total. The third-order valence-corrected chi connectivity index (χ3v) is 3.70. The molecule has 0 saturated heterocycles. The number of carbonyl (C=O) groups is 1. The van der Waals surface area contributed by atoms with Gasteiger partial charge in [0, 0.05) is 10.9 Å². The van der Waals surface area contributed by atoms with Gasteiger partial charge in [-0.15, -0.1) is 0 Å². The normalized spacial score (nSPS) is 12.8. The number of carbonyl (C=O) groups excluding carboxylic acids is 1. The zero-order valence-corrected chi connectivity index (χ0v) is 16.5. The van der Waals surface area contributed by atoms with Crippen LogP contribution in [0.3, 0.4) is 0 Å². The van der Waals surface area contributed by atoms with Crippen molar-refractivity contribution in [3.8, 4) is 0 Å². The quantitative estimate of drug-likeness (QED) is 0.924. The topological polar surface area (TPSA) is 81.8 Å². The van der Waals surface area contributed by atoms with Gasteiger partial charge in [0.1, 0.15) is 12.1 Å². The lowest BCUT2D eigenvalue weighted by Crippen LogP contribution is -2.44. The first-order valence-corrected chi connectivity index (χ1v) is 8.61. The number of hydrogen-bond acceptors (Lipinski definition) is 4. The first kappa shape index (κ1) is 19.1. The van der Waals surface area contributed by atoms with Gasteiger partial charge in [0.25, 0.3) is 5.56 Å². The molecular weight excluding hydrogens is 318 g/mol. The van der Waals surface area contributed by atoms with Crippen LogP contribution < -0.4 is 10.9 Å². The minimum absolute atomic E-state index is 0.109. The molecule has 0 fully saturated rings. The second-order valence-corrected chi connectivity index (χ2v) is 8.79. The molecule has 1 amide bonds. The molecule has 0 aliphatic heterocycles. The lowest BCUT2D eigenvalue weighted by atomic mass is 10.1. The van der Waals surface area contributed by atoms with Crippen LogP contribution in [-0.4, -0.2) is 31.0 Å². The Morgan fingerprint density at radius 1 is 1.20 bits per heavy atom. The van der Waals surface area contributed by atoms with Crippen LogP contribution in [0.5, 0.6) is 0 Å². The maximum atomic E-state index is 13.0. The van der Waals surface area contributed by atoms with Gasteiger partial charge in [0.15, 0.2) is 0 Å². The molecule has 0 aliphatic rings. The zero-order chi connectivity index (χ0) is 19.2. The molecule has 2 rings (SSSR count). The van der Waals surface area contributed by atoms with Gasteiger partial charge in [-0.05, 0) is 47.5 Å². The number of nitrogens with zero attached hydrogens (tertiary/aromatic N) is 4. The average Bonchev–Trinajstić information content (AvgIpc) is 2.84. The van der Waals surface area contributed by atoms with Crippen molar-refractivity contribution in [2.75, 3.05) is 0 Å². The summed E-state index contributed by atoms with van der Waals surface area (Å²) in [6, 6.07) is 0. The predicted octanol–water partition coefficient (Wildman–Crippen LogP) is 2.39. The van der Waals surface area contributed by atoms with E-state index in [2.05, 4.69) is 15.5 Å². The van der Waals surface area contributed by atoms with Crippen molar-refractivity contribution in [2.24, 2.45) is 0 Å². The van der Waals surface area contributed by atoms with Gasteiger partial charge in [-0.25, -0.2) is 4.68 Å². The SMILES string of the molecule is CC(C)c1nn(CC(=O)NC(C)(C)C)c(=O)c2c1cnn2C(C)(C)C. The van der Waals surface area contributed by atoms with Crippen LogP contribution in [0.4, 0.5) is 0 Å². The summed E-state index contributed by atoms with van der Waals surface area (Å²) in [6.45, 7) is 15.6. The summed E-state index contributed by atoms with van der Waals surface area (Å²) in [6.07, 6.45) is 1.70. The molecule has 25 heavy (non-hydrogen) atoms. The van der Waals surface area contributed by atoms with Gasteiger partial charge in [-0.2, -0.15) is 10.2 Å². The molecule has 2 aromatic rings. The van der Waals surface area contributed by atoms with E-state index in [1.807, 2.05) is 55.4 Å². The summed E-state index contributed by atoms with van der Waals surface area (Å²) in [5.41, 5.74) is 0.264. The number of nitrogens with one attached hydrogen (secondary N) is 1. The molecule has 0 aromatic carbocycles. The fraction of sp³-hybridized carbons (Fsp3) is 0.667. The van der Waals surface area contributed by atoms with Gasteiger partial charge in [0.2, 0.25) is 5.91 Å². The second kappa shape index (κ2) is 6.28. The first-order chi connectivity index (χ1) is 11.3. The highest BCUT2D eigenvalue weighted by Gasteiger charge is 2.24. The maximum Gasteiger partial charge on any atom is 0.293 e. The van der Waals surface area contributed by atoms with E-state index in [9.17, 15) is 9.59 Å². The third kappa shape index (κ3) is 4.08. The lowest BCUT2D eigenvalue weighted by molar-refractivity contribution is -0.123. The van der Waals surface area contributed by atoms with Crippen molar-refractivity contribution in [3.05, 3.63) is 22.2 Å². The fourth-order valence-electron chi connectivity index (χ4n) is 2.73. The van der Waals surface area contributed by atoms with Gasteiger partial charge >= 0.3 is 0 Å². The lowest BCUT2D eigenvalue weighted by Gasteiger charge is -2.22. The van der Waals surface area contributed by atoms with E-state index < -0.39 is 0 Å². The molecule has 0 radical (unpaired) electrons. The maximum absolute atomic E-state index is 13.0. The van der Waals surface area contributed by atoms with E-state index >= 15 is 0 Å². The van der Waals surface area contributed by atoms with E-state index in [0.29, 0.717) is 5.52 Å². The van der Waals surface area contributed by atoms with Crippen molar-refractivity contribution >= 4 is 16.8 Å². The smallest absolute Gasteiger partial charge is 0.293 e. The highest BCUT2D eigenvalue weighted by Crippen LogP contribution is 2.24. The van der Waals surface area contributed by atoms with Gasteiger partial charge in [-0.1, -0.05) is 13.8 Å². The van der Waals surface area contributed by atoms with Crippen LogP contribution in [-0.2, 0) is 16.9 Å². The molecule has 7 heteroatoms. The minimum Gasteiger partial charge on any atom is -0.350 e. The summed E-state index contributed by atoms with van der Waals surface area (Å²) < 4.78 is 2.97. The Bertz CT molecular complexity index is 847. The summed E-state index contributed by atoms with van der Waals surface area (Å²) in [5.74, 6) is -0.129. The monoisotopic (exact) mass is 347 g/mol. The second-order valence-electron chi connectivity index (χ2n) is 8.79. The molecule has 2 heterocycles. The molecule has 0 bridgehead atoms. The van der Waals surface area contributed by atoms with Crippen LogP contribution >= 0.6 is 0 Å². The Kier molecular flexibility index (Phi) is 4.81. The Balaban J connectivity index is 2.64. The highest BCUT2D eigenvalue weighted by atomic mass is 16.2. The Hall–Kier alpha value is -2.18. The minimum atomic E-state index is -0.362. The van der Waals surface area contributed by atoms with Crippen LogP contribution in [0.1, 0.15) is 67.0 Å². The summed E-state index contributed by atoms with van der Waals surface area (Å²) in [7, 11) is 0. The van der Waals surface area contributed by atoms with E-state index in [1.54, 1.807) is 10.9 Å². The molecule has 2 aromatic heterocycles. The van der Waals surface area contributed by atoms with E-state index in [1.165, 1.54) is 4.68 Å². The molecule has 0 spiro atoms. The average molecular weight is 347 g/mol. The van der Waals surface area contributed by atoms with E-state index in [-0.39, 0.29) is 35.0 Å². The molecule has 0 saturated carbocycles. The van der Waals surface area contributed by atoms with Crippen LogP contribution in [0.25, 0.3) is 10.9 Å². The Morgan fingerprint density at radius 3 is 2.28 bits per heavy atom. The summed E-state index contributed by atoms with van der Waals surface area (Å²) >= 11 is 0. The largest absolute Gasteiger partial charge is 0.350 e. The molecule has 0 atom stereocenters. The van der Waals surface area contributed by atoms with Crippen LogP contribution in [0, 0.1) is 0 Å². The van der Waals surface area contributed by atoms with Crippen molar-refractivity contribution < 1.29 is 4.79 Å². The van der Waals surface area contributed by atoms with Crippen LogP contribution in [0.15, 0.2) is 11.0 Å². The summed E-state index contributed by atoms with van der Waals surface area (Å²) in [5, 5.41) is 12.5. The zero-order valence-electron chi connectivity index (χ0n) is 16.5. The van der Waals surface area contributed by atoms with Gasteiger partial charge < -0.3 is 5.32 Å². The Labute approximate surface area is 148 Å².